The van der Waals surface area contributed by atoms with Crippen LogP contribution in [0.25, 0.3) is 0 Å². The lowest BCUT2D eigenvalue weighted by Gasteiger charge is -2.29. The highest BCUT2D eigenvalue weighted by molar-refractivity contribution is 4.82. The second-order valence-electron chi connectivity index (χ2n) is 14.9. The zero-order valence-corrected chi connectivity index (χ0v) is 31.8. The van der Waals surface area contributed by atoms with Gasteiger partial charge in [-0.1, -0.05) is 154 Å². The fraction of sp³-hybridized carbons (Fsp3) is 0.905. The van der Waals surface area contributed by atoms with Gasteiger partial charge in [-0.05, 0) is 64.2 Å². The van der Waals surface area contributed by atoms with Gasteiger partial charge in [-0.25, -0.2) is 0 Å². The SMILES string of the molecule is CCCCCCCC/C=C/CCCCCCCCOCC(C[N+](C)(C)C)OCCCCCCCC/C=C/CCCCCCCC. The molecule has 0 radical (unpaired) electrons. The molecule has 0 aromatic heterocycles. The number of allylic oxidation sites excluding steroid dienone is 4. The molecule has 0 N–H and O–H groups in total. The lowest BCUT2D eigenvalue weighted by Crippen LogP contribution is -2.44. The monoisotopic (exact) mass is 635 g/mol. The van der Waals surface area contributed by atoms with Crippen LogP contribution in [-0.2, 0) is 9.47 Å². The first kappa shape index (κ1) is 44.4. The highest BCUT2D eigenvalue weighted by Gasteiger charge is 2.19. The molecule has 45 heavy (non-hydrogen) atoms. The predicted octanol–water partition coefficient (Wildman–Crippen LogP) is 13.2. The zero-order chi connectivity index (χ0) is 32.9. The van der Waals surface area contributed by atoms with Crippen molar-refractivity contribution in [2.45, 2.75) is 200 Å². The van der Waals surface area contributed by atoms with Crippen LogP contribution < -0.4 is 0 Å². The van der Waals surface area contributed by atoms with Gasteiger partial charge >= 0.3 is 0 Å². The Labute approximate surface area is 285 Å². The number of hydrogen-bond donors (Lipinski definition) is 0. The van der Waals surface area contributed by atoms with E-state index in [1.54, 1.807) is 0 Å². The third kappa shape index (κ3) is 39.5. The Morgan fingerprint density at radius 1 is 0.422 bits per heavy atom. The summed E-state index contributed by atoms with van der Waals surface area (Å²) < 4.78 is 13.3. The minimum atomic E-state index is 0.210. The van der Waals surface area contributed by atoms with E-state index in [0.717, 1.165) is 30.8 Å². The van der Waals surface area contributed by atoms with Gasteiger partial charge in [0.15, 0.2) is 0 Å². The summed E-state index contributed by atoms with van der Waals surface area (Å²) in [6.45, 7) is 8.10. The lowest BCUT2D eigenvalue weighted by molar-refractivity contribution is -0.873. The molecule has 0 spiro atoms. The molecule has 268 valence electrons. The van der Waals surface area contributed by atoms with Crippen molar-refractivity contribution in [1.29, 1.82) is 0 Å². The largest absolute Gasteiger partial charge is 0.379 e. The van der Waals surface area contributed by atoms with E-state index in [-0.39, 0.29) is 6.10 Å². The second-order valence-corrected chi connectivity index (χ2v) is 14.9. The molecule has 0 aromatic rings. The van der Waals surface area contributed by atoms with Crippen molar-refractivity contribution < 1.29 is 14.0 Å². The summed E-state index contributed by atoms with van der Waals surface area (Å²) >= 11 is 0. The number of unbranched alkanes of at least 4 members (excludes halogenated alkanes) is 24. The molecule has 0 aromatic carbocycles. The smallest absolute Gasteiger partial charge is 0.130 e. The molecule has 0 saturated heterocycles. The first-order chi connectivity index (χ1) is 22.0. The van der Waals surface area contributed by atoms with Crippen LogP contribution in [-0.4, -0.2) is 58.1 Å². The Morgan fingerprint density at radius 3 is 1.13 bits per heavy atom. The van der Waals surface area contributed by atoms with Gasteiger partial charge < -0.3 is 14.0 Å². The van der Waals surface area contributed by atoms with E-state index in [1.165, 1.54) is 180 Å². The van der Waals surface area contributed by atoms with Crippen LogP contribution in [0.15, 0.2) is 24.3 Å². The van der Waals surface area contributed by atoms with Gasteiger partial charge in [0.05, 0.1) is 27.7 Å². The average Bonchev–Trinajstić information content (AvgIpc) is 3.01. The van der Waals surface area contributed by atoms with E-state index < -0.39 is 0 Å². The van der Waals surface area contributed by atoms with Crippen LogP contribution in [0.3, 0.4) is 0 Å². The zero-order valence-electron chi connectivity index (χ0n) is 31.8. The molecule has 0 amide bonds. The van der Waals surface area contributed by atoms with E-state index in [1.807, 2.05) is 0 Å². The van der Waals surface area contributed by atoms with Crippen molar-refractivity contribution in [3.8, 4) is 0 Å². The Bertz CT molecular complexity index is 608. The van der Waals surface area contributed by atoms with Gasteiger partial charge in [-0.3, -0.25) is 0 Å². The molecule has 1 atom stereocenters. The van der Waals surface area contributed by atoms with Gasteiger partial charge in [-0.2, -0.15) is 0 Å². The Balaban J connectivity index is 3.63. The third-order valence-electron chi connectivity index (χ3n) is 8.87. The van der Waals surface area contributed by atoms with Crippen molar-refractivity contribution in [3.63, 3.8) is 0 Å². The van der Waals surface area contributed by atoms with Crippen molar-refractivity contribution in [1.82, 2.24) is 0 Å². The third-order valence-corrected chi connectivity index (χ3v) is 8.87. The number of likely N-dealkylation sites (N-methyl/N-ethyl adjacent to an activating group) is 1. The van der Waals surface area contributed by atoms with Gasteiger partial charge in [0.25, 0.3) is 0 Å². The molecule has 0 rings (SSSR count). The Hall–Kier alpha value is -0.640. The molecule has 0 aliphatic carbocycles. The minimum absolute atomic E-state index is 0.210. The van der Waals surface area contributed by atoms with Crippen molar-refractivity contribution >= 4 is 0 Å². The Kier molecular flexibility index (Phi) is 35.7. The van der Waals surface area contributed by atoms with Crippen LogP contribution in [0.2, 0.25) is 0 Å². The summed E-state index contributed by atoms with van der Waals surface area (Å²) in [5, 5.41) is 0. The minimum Gasteiger partial charge on any atom is -0.379 e. The van der Waals surface area contributed by atoms with Crippen molar-refractivity contribution in [2.75, 3.05) is 47.5 Å². The molecule has 0 heterocycles. The molecular weight excluding hydrogens is 550 g/mol. The molecule has 0 aliphatic heterocycles. The summed E-state index contributed by atoms with van der Waals surface area (Å²) in [7, 11) is 6.77. The molecule has 1 unspecified atom stereocenters. The number of ether oxygens (including phenoxy) is 2. The van der Waals surface area contributed by atoms with Crippen LogP contribution >= 0.6 is 0 Å². The first-order valence-corrected chi connectivity index (χ1v) is 20.3. The molecule has 3 heteroatoms. The fourth-order valence-electron chi connectivity index (χ4n) is 6.03. The van der Waals surface area contributed by atoms with E-state index >= 15 is 0 Å². The number of rotatable bonds is 37. The van der Waals surface area contributed by atoms with Gasteiger partial charge in [0.2, 0.25) is 0 Å². The van der Waals surface area contributed by atoms with E-state index in [9.17, 15) is 0 Å². The van der Waals surface area contributed by atoms with Gasteiger partial charge in [-0.15, -0.1) is 0 Å². The molecular formula is C42H84NO2+. The van der Waals surface area contributed by atoms with Crippen LogP contribution in [0.1, 0.15) is 194 Å². The lowest BCUT2D eigenvalue weighted by atomic mass is 10.1. The standard InChI is InChI=1S/C42H84NO2/c1-6-8-10-12-14-16-18-20-22-24-26-28-30-32-34-36-38-44-41-42(40-43(3,4)5)45-39-37-35-33-31-29-27-25-23-21-19-17-15-13-11-9-7-2/h20-23,42H,6-19,24-41H2,1-5H3/q+1/b22-20+,23-21+. The normalized spacial score (nSPS) is 13.1. The van der Waals surface area contributed by atoms with Gasteiger partial charge in [0.1, 0.15) is 12.6 Å². The van der Waals surface area contributed by atoms with Crippen LogP contribution in [0.4, 0.5) is 0 Å². The highest BCUT2D eigenvalue weighted by Crippen LogP contribution is 2.12. The topological polar surface area (TPSA) is 18.5 Å². The van der Waals surface area contributed by atoms with Crippen molar-refractivity contribution in [2.24, 2.45) is 0 Å². The van der Waals surface area contributed by atoms with Crippen molar-refractivity contribution in [3.05, 3.63) is 24.3 Å². The van der Waals surface area contributed by atoms with Crippen LogP contribution in [0.5, 0.6) is 0 Å². The number of nitrogens with zero attached hydrogens (tertiary/aromatic N) is 1. The summed E-state index contributed by atoms with van der Waals surface area (Å²) in [6.07, 6.45) is 47.6. The molecule has 0 bridgehead atoms. The van der Waals surface area contributed by atoms with Gasteiger partial charge in [0, 0.05) is 13.2 Å². The van der Waals surface area contributed by atoms with Crippen LogP contribution in [0, 0.1) is 0 Å². The molecule has 0 aliphatic rings. The van der Waals surface area contributed by atoms with E-state index in [2.05, 4.69) is 59.3 Å². The Morgan fingerprint density at radius 2 is 0.756 bits per heavy atom. The predicted molar refractivity (Wildman–Crippen MR) is 202 cm³/mol. The maximum atomic E-state index is 6.32. The van der Waals surface area contributed by atoms with E-state index in [0.29, 0.717) is 0 Å². The average molecular weight is 635 g/mol. The summed E-state index contributed by atoms with van der Waals surface area (Å²) in [5.41, 5.74) is 0. The number of hydrogen-bond acceptors (Lipinski definition) is 2. The summed E-state index contributed by atoms with van der Waals surface area (Å²) in [6, 6.07) is 0. The fourth-order valence-corrected chi connectivity index (χ4v) is 6.03. The highest BCUT2D eigenvalue weighted by atomic mass is 16.5. The number of quaternary nitrogens is 1. The quantitative estimate of drug-likeness (QED) is 0.0384. The summed E-state index contributed by atoms with van der Waals surface area (Å²) in [5.74, 6) is 0. The summed E-state index contributed by atoms with van der Waals surface area (Å²) in [4.78, 5) is 0. The molecule has 0 fully saturated rings. The maximum absolute atomic E-state index is 6.32. The molecule has 3 nitrogen and oxygen atoms in total. The molecule has 0 saturated carbocycles. The first-order valence-electron chi connectivity index (χ1n) is 20.3. The van der Waals surface area contributed by atoms with E-state index in [4.69, 9.17) is 9.47 Å². The maximum Gasteiger partial charge on any atom is 0.130 e. The second kappa shape index (κ2) is 36.2.